The molecular weight excluding hydrogens is 254 g/mol. The molecule has 7 heteroatoms. The third kappa shape index (κ3) is 2.92. The Morgan fingerprint density at radius 1 is 1.35 bits per heavy atom. The molecule has 0 aliphatic carbocycles. The Morgan fingerprint density at radius 3 is 2.82 bits per heavy atom. The second-order valence-electron chi connectivity index (χ2n) is 3.39. The first-order valence-electron chi connectivity index (χ1n) is 5.24. The monoisotopic (exact) mass is 267 g/mol. The van der Waals surface area contributed by atoms with Gasteiger partial charge < -0.3 is 5.32 Å². The van der Waals surface area contributed by atoms with E-state index in [4.69, 9.17) is 0 Å². The number of anilines is 1. The number of nitrogens with zero attached hydrogens (tertiary/aromatic N) is 4. The fourth-order valence-corrected chi connectivity index (χ4v) is 2.90. The van der Waals surface area contributed by atoms with Gasteiger partial charge in [0, 0.05) is 12.1 Å². The second-order valence-corrected chi connectivity index (χ2v) is 5.38. The van der Waals surface area contributed by atoms with Gasteiger partial charge in [0.15, 0.2) is 4.34 Å². The predicted molar refractivity (Wildman–Crippen MR) is 69.7 cm³/mol. The van der Waals surface area contributed by atoms with Gasteiger partial charge in [-0.25, -0.2) is 15.0 Å². The topological polar surface area (TPSA) is 63.6 Å². The minimum absolute atomic E-state index is 0.802. The minimum Gasteiger partial charge on any atom is -0.370 e. The molecule has 0 unspecified atom stereocenters. The van der Waals surface area contributed by atoms with Crippen LogP contribution in [0.4, 0.5) is 5.82 Å². The Bertz CT molecular complexity index is 511. The van der Waals surface area contributed by atoms with Gasteiger partial charge in [0.05, 0.1) is 0 Å². The summed E-state index contributed by atoms with van der Waals surface area (Å²) in [5.74, 6) is 1.68. The largest absolute Gasteiger partial charge is 0.370 e. The van der Waals surface area contributed by atoms with Crippen LogP contribution < -0.4 is 5.32 Å². The zero-order chi connectivity index (χ0) is 12.3. The number of aryl methyl sites for hydroxylation is 1. The predicted octanol–water partition coefficient (Wildman–Crippen LogP) is 2.53. The Morgan fingerprint density at radius 2 is 2.18 bits per heavy atom. The maximum Gasteiger partial charge on any atom is 0.176 e. The Balaban J connectivity index is 2.23. The lowest BCUT2D eigenvalue weighted by Crippen LogP contribution is -2.03. The van der Waals surface area contributed by atoms with Gasteiger partial charge in [-0.15, -0.1) is 0 Å². The van der Waals surface area contributed by atoms with Crippen LogP contribution in [0.15, 0.2) is 15.7 Å². The van der Waals surface area contributed by atoms with E-state index < -0.39 is 0 Å². The number of hydrogen-bond donors (Lipinski definition) is 1. The summed E-state index contributed by atoms with van der Waals surface area (Å²) in [7, 11) is 0. The Hall–Kier alpha value is -1.21. The zero-order valence-electron chi connectivity index (χ0n) is 9.89. The normalized spacial score (nSPS) is 10.5. The first-order chi connectivity index (χ1) is 8.20. The van der Waals surface area contributed by atoms with E-state index >= 15 is 0 Å². The van der Waals surface area contributed by atoms with Crippen molar-refractivity contribution in [3.63, 3.8) is 0 Å². The van der Waals surface area contributed by atoms with Crippen molar-refractivity contribution in [3.8, 4) is 0 Å². The van der Waals surface area contributed by atoms with Gasteiger partial charge >= 0.3 is 0 Å². The van der Waals surface area contributed by atoms with Crippen LogP contribution in [0.2, 0.25) is 0 Å². The van der Waals surface area contributed by atoms with Crippen LogP contribution in [0.5, 0.6) is 0 Å². The molecule has 0 bridgehead atoms. The van der Waals surface area contributed by atoms with Gasteiger partial charge in [-0.05, 0) is 44.1 Å². The lowest BCUT2D eigenvalue weighted by atomic mass is 10.3. The Labute approximate surface area is 108 Å². The highest BCUT2D eigenvalue weighted by Gasteiger charge is 2.10. The van der Waals surface area contributed by atoms with Gasteiger partial charge in [0.1, 0.15) is 23.0 Å². The highest BCUT2D eigenvalue weighted by atomic mass is 32.2. The van der Waals surface area contributed by atoms with E-state index in [1.165, 1.54) is 23.3 Å². The van der Waals surface area contributed by atoms with Crippen LogP contribution in [0, 0.1) is 13.8 Å². The van der Waals surface area contributed by atoms with E-state index in [0.29, 0.717) is 0 Å². The van der Waals surface area contributed by atoms with Crippen molar-refractivity contribution in [3.05, 3.63) is 17.7 Å². The molecule has 0 saturated carbocycles. The van der Waals surface area contributed by atoms with Crippen LogP contribution in [0.1, 0.15) is 18.3 Å². The summed E-state index contributed by atoms with van der Waals surface area (Å²) in [6.07, 6.45) is 1.57. The van der Waals surface area contributed by atoms with Gasteiger partial charge in [-0.3, -0.25) is 0 Å². The van der Waals surface area contributed by atoms with E-state index in [9.17, 15) is 0 Å². The second kappa shape index (κ2) is 5.42. The van der Waals surface area contributed by atoms with Gasteiger partial charge in [0.25, 0.3) is 0 Å². The van der Waals surface area contributed by atoms with Crippen molar-refractivity contribution < 1.29 is 0 Å². The summed E-state index contributed by atoms with van der Waals surface area (Å²) < 4.78 is 5.06. The number of aromatic nitrogens is 4. The molecule has 0 aliphatic rings. The fraction of sp³-hybridized carbons (Fsp3) is 0.400. The van der Waals surface area contributed by atoms with Crippen LogP contribution >= 0.6 is 23.3 Å². The Kier molecular flexibility index (Phi) is 3.90. The smallest absolute Gasteiger partial charge is 0.176 e. The molecule has 0 atom stereocenters. The number of hydrogen-bond acceptors (Lipinski definition) is 7. The van der Waals surface area contributed by atoms with Crippen molar-refractivity contribution in [1.82, 2.24) is 19.3 Å². The summed E-state index contributed by atoms with van der Waals surface area (Å²) in [6.45, 7) is 6.79. The first kappa shape index (κ1) is 12.3. The molecule has 0 aliphatic heterocycles. The molecule has 5 nitrogen and oxygen atoms in total. The molecule has 17 heavy (non-hydrogen) atoms. The van der Waals surface area contributed by atoms with Crippen molar-refractivity contribution in [1.29, 1.82) is 0 Å². The lowest BCUT2D eigenvalue weighted by molar-refractivity contribution is 0.987. The third-order valence-corrected chi connectivity index (χ3v) is 4.02. The highest BCUT2D eigenvalue weighted by molar-refractivity contribution is 8.00. The molecule has 0 spiro atoms. The molecule has 1 N–H and O–H groups in total. The summed E-state index contributed by atoms with van der Waals surface area (Å²) in [6, 6.07) is 0. The molecule has 2 heterocycles. The summed E-state index contributed by atoms with van der Waals surface area (Å²) in [5, 5.41) is 4.13. The van der Waals surface area contributed by atoms with E-state index in [0.717, 1.165) is 33.1 Å². The molecule has 2 aromatic rings. The third-order valence-electron chi connectivity index (χ3n) is 2.07. The summed E-state index contributed by atoms with van der Waals surface area (Å²) in [5.41, 5.74) is 1.05. The summed E-state index contributed by atoms with van der Waals surface area (Å²) in [4.78, 5) is 12.8. The van der Waals surface area contributed by atoms with Crippen molar-refractivity contribution in [2.24, 2.45) is 0 Å². The van der Waals surface area contributed by atoms with Gasteiger partial charge in [-0.1, -0.05) is 0 Å². The molecular formula is C10H13N5S2. The fourth-order valence-electron chi connectivity index (χ4n) is 1.28. The molecule has 0 saturated heterocycles. The molecule has 2 rings (SSSR count). The average Bonchev–Trinajstić information content (AvgIpc) is 2.70. The van der Waals surface area contributed by atoms with E-state index in [1.807, 2.05) is 20.8 Å². The standard InChI is InChI=1S/C10H13N5S2/c1-4-11-8-6(2)9(13-5-12-8)16-10-14-7(3)15-17-10/h5H,4H2,1-3H3,(H,11,12,13). The number of nitrogens with one attached hydrogen (secondary N) is 1. The molecule has 90 valence electrons. The van der Waals surface area contributed by atoms with E-state index in [2.05, 4.69) is 24.6 Å². The average molecular weight is 267 g/mol. The first-order valence-corrected chi connectivity index (χ1v) is 6.83. The maximum absolute atomic E-state index is 4.31. The van der Waals surface area contributed by atoms with E-state index in [-0.39, 0.29) is 0 Å². The molecule has 0 aromatic carbocycles. The van der Waals surface area contributed by atoms with Crippen molar-refractivity contribution in [2.45, 2.75) is 30.1 Å². The SMILES string of the molecule is CCNc1ncnc(Sc2nc(C)ns2)c1C. The van der Waals surface area contributed by atoms with Crippen molar-refractivity contribution in [2.75, 3.05) is 11.9 Å². The molecule has 0 fully saturated rings. The zero-order valence-corrected chi connectivity index (χ0v) is 11.5. The molecule has 0 radical (unpaired) electrons. The van der Waals surface area contributed by atoms with E-state index in [1.54, 1.807) is 6.33 Å². The lowest BCUT2D eigenvalue weighted by Gasteiger charge is -2.08. The maximum atomic E-state index is 4.31. The molecule has 0 amide bonds. The van der Waals surface area contributed by atoms with Crippen LogP contribution in [-0.2, 0) is 0 Å². The van der Waals surface area contributed by atoms with Gasteiger partial charge in [0.2, 0.25) is 0 Å². The summed E-state index contributed by atoms with van der Waals surface area (Å²) >= 11 is 2.92. The number of rotatable bonds is 4. The highest BCUT2D eigenvalue weighted by Crippen LogP contribution is 2.31. The van der Waals surface area contributed by atoms with Crippen molar-refractivity contribution >= 4 is 29.1 Å². The minimum atomic E-state index is 0.802. The quantitative estimate of drug-likeness (QED) is 0.859. The van der Waals surface area contributed by atoms with Gasteiger partial charge in [-0.2, -0.15) is 4.37 Å². The van der Waals surface area contributed by atoms with Crippen LogP contribution in [0.25, 0.3) is 0 Å². The van der Waals surface area contributed by atoms with Crippen LogP contribution in [0.3, 0.4) is 0 Å². The van der Waals surface area contributed by atoms with Crippen LogP contribution in [-0.4, -0.2) is 25.9 Å². The molecule has 2 aromatic heterocycles.